The summed E-state index contributed by atoms with van der Waals surface area (Å²) in [6.07, 6.45) is 10.0. The van der Waals surface area contributed by atoms with E-state index in [9.17, 15) is 0 Å². The van der Waals surface area contributed by atoms with E-state index in [0.717, 1.165) is 0 Å². The Kier molecular flexibility index (Phi) is 9.69. The van der Waals surface area contributed by atoms with Crippen LogP contribution in [0.5, 0.6) is 0 Å². The number of benzene rings is 2. The molecule has 0 unspecified atom stereocenters. The molecule has 0 atom stereocenters. The topological polar surface area (TPSA) is 0 Å². The molecule has 0 saturated carbocycles. The molecule has 2 aromatic rings. The Labute approximate surface area is 168 Å². The second kappa shape index (κ2) is 11.5. The van der Waals surface area contributed by atoms with Crippen molar-refractivity contribution < 1.29 is 21.5 Å². The third kappa shape index (κ3) is 5.38. The molecule has 0 aliphatic heterocycles. The van der Waals surface area contributed by atoms with Gasteiger partial charge in [-0.1, -0.05) is 0 Å². The molecule has 0 aromatic heterocycles. The van der Waals surface area contributed by atoms with Crippen molar-refractivity contribution in [2.75, 3.05) is 0 Å². The van der Waals surface area contributed by atoms with Crippen molar-refractivity contribution in [3.8, 4) is 0 Å². The maximum absolute atomic E-state index is 6.97. The van der Waals surface area contributed by atoms with Gasteiger partial charge in [0.15, 0.2) is 0 Å². The van der Waals surface area contributed by atoms with Crippen LogP contribution in [0, 0.1) is 0 Å². The van der Waals surface area contributed by atoms with Gasteiger partial charge < -0.3 is 0 Å². The molecule has 0 amide bonds. The summed E-state index contributed by atoms with van der Waals surface area (Å²) in [5, 5.41) is 4.73. The molecule has 0 N–H and O–H groups in total. The zero-order chi connectivity index (χ0) is 18.0. The van der Waals surface area contributed by atoms with Gasteiger partial charge in [0.25, 0.3) is 0 Å². The Morgan fingerprint density at radius 3 is 1.84 bits per heavy atom. The van der Waals surface area contributed by atoms with E-state index in [2.05, 4.69) is 80.6 Å². The van der Waals surface area contributed by atoms with E-state index >= 15 is 0 Å². The van der Waals surface area contributed by atoms with Gasteiger partial charge in [-0.2, -0.15) is 0 Å². The first-order valence-corrected chi connectivity index (χ1v) is 18.3. The van der Waals surface area contributed by atoms with E-state index in [1.54, 1.807) is 5.31 Å². The van der Waals surface area contributed by atoms with E-state index in [0.29, 0.717) is 0 Å². The first-order chi connectivity index (χ1) is 12.3. The molecule has 0 fully saturated rings. The van der Waals surface area contributed by atoms with Crippen LogP contribution >= 0.6 is 13.1 Å². The summed E-state index contributed by atoms with van der Waals surface area (Å²) >= 11 is -1.07. The zero-order valence-electron chi connectivity index (χ0n) is 15.5. The molecule has 0 heterocycles. The van der Waals surface area contributed by atoms with Gasteiger partial charge in [-0.3, -0.25) is 0 Å². The molecule has 0 radical (unpaired) electrons. The molecule has 0 aliphatic carbocycles. The van der Waals surface area contributed by atoms with Crippen LogP contribution < -0.4 is 10.6 Å². The van der Waals surface area contributed by atoms with Crippen LogP contribution in [0.1, 0.15) is 52.4 Å². The molecule has 25 heavy (non-hydrogen) atoms. The van der Waals surface area contributed by atoms with E-state index in [-0.39, 0.29) is 0 Å². The Morgan fingerprint density at radius 2 is 1.40 bits per heavy atom. The third-order valence-corrected chi connectivity index (χ3v) is 22.6. The van der Waals surface area contributed by atoms with Crippen LogP contribution in [-0.4, -0.2) is 0 Å². The first-order valence-electron chi connectivity index (χ1n) is 9.48. The van der Waals surface area contributed by atoms with Crippen LogP contribution in [0.4, 0.5) is 0 Å². The fourth-order valence-electron chi connectivity index (χ4n) is 3.37. The van der Waals surface area contributed by atoms with Crippen LogP contribution in [0.3, 0.4) is 0 Å². The molecule has 134 valence electrons. The van der Waals surface area contributed by atoms with Crippen molar-refractivity contribution in [1.82, 2.24) is 0 Å². The van der Waals surface area contributed by atoms with E-state index in [4.69, 9.17) is 8.51 Å². The summed E-state index contributed by atoms with van der Waals surface area (Å²) in [5.74, 6) is 0. The van der Waals surface area contributed by atoms with Crippen LogP contribution in [0.15, 0.2) is 72.1 Å². The molecular weight excluding hydrogens is 422 g/mol. The predicted octanol–water partition coefficient (Wildman–Crippen LogP) is 6.80. The number of hydrogen-bond acceptors (Lipinski definition) is 0. The van der Waals surface area contributed by atoms with Gasteiger partial charge in [-0.25, -0.2) is 0 Å². The van der Waals surface area contributed by atoms with Crippen molar-refractivity contribution in [2.45, 2.75) is 52.4 Å². The van der Waals surface area contributed by atoms with Crippen LogP contribution in [0.2, 0.25) is 0 Å². The quantitative estimate of drug-likeness (QED) is 0.275. The van der Waals surface area contributed by atoms with Gasteiger partial charge in [0.1, 0.15) is 0 Å². The second-order valence-electron chi connectivity index (χ2n) is 6.55. The van der Waals surface area contributed by atoms with E-state index in [1.807, 2.05) is 0 Å². The van der Waals surface area contributed by atoms with E-state index < -0.39 is 26.0 Å². The predicted molar refractivity (Wildman–Crippen MR) is 113 cm³/mol. The first kappa shape index (κ1) is 21.1. The monoisotopic (exact) mass is 450 g/mol. The normalized spacial score (nSPS) is 12.8. The minimum absolute atomic E-state index is 1.07. The average Bonchev–Trinajstić information content (AvgIpc) is 2.68. The molecule has 0 spiro atoms. The number of allylic oxidation sites excluding steroid dienone is 2. The number of hydrogen-bond donors (Lipinski definition) is 0. The van der Waals surface area contributed by atoms with Gasteiger partial charge in [-0.05, 0) is 0 Å². The minimum atomic E-state index is -1.94. The molecule has 3 heteroatoms. The van der Waals surface area contributed by atoms with Gasteiger partial charge in [0, 0.05) is 0 Å². The summed E-state index contributed by atoms with van der Waals surface area (Å²) < 4.78 is -1.94. The van der Waals surface area contributed by atoms with Gasteiger partial charge in [-0.15, -0.1) is 0 Å². The summed E-state index contributed by atoms with van der Waals surface area (Å²) in [6, 6.07) is 22.4. The molecular formula is C22H30ClPZr. The summed E-state index contributed by atoms with van der Waals surface area (Å²) in [5.41, 5.74) is 0. The van der Waals surface area contributed by atoms with Crippen LogP contribution in [-0.2, 0) is 21.5 Å². The molecule has 2 rings (SSSR count). The average molecular weight is 452 g/mol. The van der Waals surface area contributed by atoms with Crippen molar-refractivity contribution in [3.63, 3.8) is 0 Å². The Hall–Kier alpha value is -0.217. The molecule has 0 aliphatic rings. The standard InChI is InChI=1S/C22H29P.ClH.Zr/c1-3-5-9-15-20(14-6-4-2)23(21-16-10-7-11-17-21)22-18-12-8-13-19-22;;/h7-8,10-13,15-19H,3-6,9,14H2,1-2H3;1H;. The fourth-order valence-corrected chi connectivity index (χ4v) is 19.8. The number of rotatable bonds is 10. The third-order valence-electron chi connectivity index (χ3n) is 4.79. The van der Waals surface area contributed by atoms with Gasteiger partial charge >= 0.3 is 170 Å². The Bertz CT molecular complexity index is 600. The summed E-state index contributed by atoms with van der Waals surface area (Å²) in [7, 11) is 6.97. The van der Waals surface area contributed by atoms with Crippen molar-refractivity contribution in [2.24, 2.45) is 0 Å². The van der Waals surface area contributed by atoms with Gasteiger partial charge in [0.2, 0.25) is 0 Å². The summed E-state index contributed by atoms with van der Waals surface area (Å²) in [6.45, 7) is 4.56. The molecule has 0 nitrogen and oxygen atoms in total. The fraction of sp³-hybridized carbons (Fsp3) is 0.364. The Morgan fingerprint density at radius 1 is 0.880 bits per heavy atom. The van der Waals surface area contributed by atoms with Gasteiger partial charge in [0.05, 0.1) is 0 Å². The number of unbranched alkanes of at least 4 members (excludes halogenated alkanes) is 3. The maximum atomic E-state index is 6.97. The zero-order valence-corrected chi connectivity index (χ0v) is 19.7. The van der Waals surface area contributed by atoms with E-state index in [1.165, 1.54) is 49.1 Å². The molecule has 0 bridgehead atoms. The van der Waals surface area contributed by atoms with Crippen molar-refractivity contribution >= 4 is 23.7 Å². The van der Waals surface area contributed by atoms with Crippen LogP contribution in [0.25, 0.3) is 0 Å². The second-order valence-corrected chi connectivity index (χ2v) is 20.3. The Balaban J connectivity index is 2.60. The van der Waals surface area contributed by atoms with Crippen molar-refractivity contribution in [1.29, 1.82) is 0 Å². The SMILES string of the molecule is CCCCC=C(CCCC)[PH]([Zr][Cl])(c1ccccc1)c1ccccc1. The summed E-state index contributed by atoms with van der Waals surface area (Å²) in [4.78, 5) is 0. The molecule has 2 aromatic carbocycles. The number of halogens is 1. The van der Waals surface area contributed by atoms with Crippen molar-refractivity contribution in [3.05, 3.63) is 72.1 Å². The molecule has 0 saturated heterocycles.